The highest BCUT2D eigenvalue weighted by atomic mass is 16.5. The maximum atomic E-state index is 13.2. The number of nitrogens with zero attached hydrogens (tertiary/aromatic N) is 3. The van der Waals surface area contributed by atoms with E-state index in [0.29, 0.717) is 0 Å². The van der Waals surface area contributed by atoms with Gasteiger partial charge >= 0.3 is 6.03 Å². The molecule has 2 aliphatic heterocycles. The van der Waals surface area contributed by atoms with Crippen LogP contribution in [0.15, 0.2) is 48.5 Å². The number of urea groups is 1. The first kappa shape index (κ1) is 19.6. The lowest BCUT2D eigenvalue weighted by molar-refractivity contribution is 0.207. The zero-order chi connectivity index (χ0) is 20.2. The highest BCUT2D eigenvalue weighted by Gasteiger charge is 2.30. The number of benzene rings is 2. The molecule has 1 atom stereocenters. The van der Waals surface area contributed by atoms with Crippen LogP contribution in [0.4, 0.5) is 16.2 Å². The molecule has 1 N–H and O–H groups in total. The van der Waals surface area contributed by atoms with E-state index in [9.17, 15) is 4.79 Å². The Bertz CT molecular complexity index is 831. The molecule has 0 spiro atoms. The average Bonchev–Trinajstić information content (AvgIpc) is 3.25. The summed E-state index contributed by atoms with van der Waals surface area (Å²) >= 11 is 0. The molecule has 0 unspecified atom stereocenters. The Balaban J connectivity index is 1.48. The first-order valence-corrected chi connectivity index (χ1v) is 10.4. The summed E-state index contributed by atoms with van der Waals surface area (Å²) in [7, 11) is 3.82. The summed E-state index contributed by atoms with van der Waals surface area (Å²) < 4.78 is 5.26. The Labute approximate surface area is 173 Å². The SMILES string of the molecule is COc1ccc([C@@H]2CCCN2C(=O)Nc2ccccc2N2CCN(C)CC2)cc1. The number of rotatable bonds is 4. The van der Waals surface area contributed by atoms with E-state index < -0.39 is 0 Å². The van der Waals surface area contributed by atoms with Crippen molar-refractivity contribution in [3.63, 3.8) is 0 Å². The van der Waals surface area contributed by atoms with Crippen LogP contribution < -0.4 is 15.0 Å². The van der Waals surface area contributed by atoms with Crippen LogP contribution in [0.25, 0.3) is 0 Å². The van der Waals surface area contributed by atoms with Crippen molar-refractivity contribution in [1.29, 1.82) is 0 Å². The third-order valence-corrected chi connectivity index (χ3v) is 6.00. The number of piperazine rings is 1. The number of hydrogen-bond acceptors (Lipinski definition) is 4. The molecule has 6 nitrogen and oxygen atoms in total. The van der Waals surface area contributed by atoms with Gasteiger partial charge in [-0.2, -0.15) is 0 Å². The number of ether oxygens (including phenoxy) is 1. The van der Waals surface area contributed by atoms with Crippen molar-refractivity contribution in [2.24, 2.45) is 0 Å². The largest absolute Gasteiger partial charge is 0.497 e. The lowest BCUT2D eigenvalue weighted by atomic mass is 10.0. The molecular formula is C23H30N4O2. The maximum absolute atomic E-state index is 13.2. The first-order valence-electron chi connectivity index (χ1n) is 10.4. The number of hydrogen-bond donors (Lipinski definition) is 1. The summed E-state index contributed by atoms with van der Waals surface area (Å²) in [6.45, 7) is 4.80. The van der Waals surface area contributed by atoms with E-state index in [1.807, 2.05) is 35.2 Å². The Morgan fingerprint density at radius 3 is 2.45 bits per heavy atom. The van der Waals surface area contributed by atoms with Crippen LogP contribution >= 0.6 is 0 Å². The van der Waals surface area contributed by atoms with Gasteiger partial charge in [-0.25, -0.2) is 4.79 Å². The predicted octanol–water partition coefficient (Wildman–Crippen LogP) is 3.82. The maximum Gasteiger partial charge on any atom is 0.322 e. The molecule has 0 aliphatic carbocycles. The van der Waals surface area contributed by atoms with Crippen LogP contribution in [0.3, 0.4) is 0 Å². The molecule has 0 saturated carbocycles. The highest BCUT2D eigenvalue weighted by molar-refractivity contribution is 5.93. The molecule has 4 rings (SSSR count). The van der Waals surface area contributed by atoms with Gasteiger partial charge in [0.25, 0.3) is 0 Å². The van der Waals surface area contributed by atoms with E-state index >= 15 is 0 Å². The van der Waals surface area contributed by atoms with Gasteiger partial charge in [-0.1, -0.05) is 24.3 Å². The van der Waals surface area contributed by atoms with Crippen molar-refractivity contribution >= 4 is 17.4 Å². The molecule has 6 heteroatoms. The lowest BCUT2D eigenvalue weighted by Crippen LogP contribution is -2.45. The van der Waals surface area contributed by atoms with Crippen LogP contribution in [0.5, 0.6) is 5.75 Å². The van der Waals surface area contributed by atoms with E-state index in [-0.39, 0.29) is 12.1 Å². The Hall–Kier alpha value is -2.73. The minimum absolute atomic E-state index is 0.0232. The molecule has 2 aromatic rings. The predicted molar refractivity (Wildman–Crippen MR) is 117 cm³/mol. The normalized spacial score (nSPS) is 20.0. The molecule has 2 fully saturated rings. The average molecular weight is 395 g/mol. The van der Waals surface area contributed by atoms with Crippen molar-refractivity contribution < 1.29 is 9.53 Å². The summed E-state index contributed by atoms with van der Waals surface area (Å²) in [6.07, 6.45) is 2.00. The van der Waals surface area contributed by atoms with Crippen molar-refractivity contribution in [2.75, 3.05) is 57.1 Å². The number of carbonyl (C=O) groups is 1. The number of para-hydroxylation sites is 2. The Morgan fingerprint density at radius 2 is 1.72 bits per heavy atom. The van der Waals surface area contributed by atoms with Crippen molar-refractivity contribution in [1.82, 2.24) is 9.80 Å². The van der Waals surface area contributed by atoms with Crippen LogP contribution in [-0.4, -0.2) is 62.7 Å². The Morgan fingerprint density at radius 1 is 1.00 bits per heavy atom. The molecule has 154 valence electrons. The van der Waals surface area contributed by atoms with Gasteiger partial charge in [0.15, 0.2) is 0 Å². The fourth-order valence-corrected chi connectivity index (χ4v) is 4.27. The van der Waals surface area contributed by atoms with E-state index in [1.54, 1.807) is 7.11 Å². The number of likely N-dealkylation sites (N-methyl/N-ethyl adjacent to an activating group) is 1. The van der Waals surface area contributed by atoms with E-state index in [1.165, 1.54) is 0 Å². The summed E-state index contributed by atoms with van der Waals surface area (Å²) in [4.78, 5) is 19.8. The van der Waals surface area contributed by atoms with Gasteiger partial charge in [0.1, 0.15) is 5.75 Å². The molecule has 0 aromatic heterocycles. The number of likely N-dealkylation sites (tertiary alicyclic amines) is 1. The smallest absolute Gasteiger partial charge is 0.322 e. The number of carbonyl (C=O) groups excluding carboxylic acids is 1. The van der Waals surface area contributed by atoms with Gasteiger partial charge in [-0.3, -0.25) is 0 Å². The van der Waals surface area contributed by atoms with Gasteiger partial charge < -0.3 is 24.8 Å². The molecule has 2 saturated heterocycles. The molecule has 2 heterocycles. The van der Waals surface area contributed by atoms with Crippen molar-refractivity contribution in [2.45, 2.75) is 18.9 Å². The number of methoxy groups -OCH3 is 1. The highest BCUT2D eigenvalue weighted by Crippen LogP contribution is 2.34. The monoisotopic (exact) mass is 394 g/mol. The molecule has 2 amide bonds. The quantitative estimate of drug-likeness (QED) is 0.857. The lowest BCUT2D eigenvalue weighted by Gasteiger charge is -2.35. The zero-order valence-electron chi connectivity index (χ0n) is 17.3. The number of nitrogens with one attached hydrogen (secondary N) is 1. The second kappa shape index (κ2) is 8.74. The van der Waals surface area contributed by atoms with Crippen molar-refractivity contribution in [3.05, 3.63) is 54.1 Å². The van der Waals surface area contributed by atoms with Gasteiger partial charge in [-0.15, -0.1) is 0 Å². The summed E-state index contributed by atoms with van der Waals surface area (Å²) in [5.41, 5.74) is 3.15. The molecular weight excluding hydrogens is 364 g/mol. The van der Waals surface area contributed by atoms with E-state index in [0.717, 1.165) is 68.3 Å². The Kier molecular flexibility index (Phi) is 5.90. The topological polar surface area (TPSA) is 48.1 Å². The van der Waals surface area contributed by atoms with E-state index in [4.69, 9.17) is 4.74 Å². The van der Waals surface area contributed by atoms with Gasteiger partial charge in [0.05, 0.1) is 24.5 Å². The van der Waals surface area contributed by atoms with Crippen LogP contribution in [0, 0.1) is 0 Å². The molecule has 2 aromatic carbocycles. The summed E-state index contributed by atoms with van der Waals surface area (Å²) in [5, 5.41) is 3.19. The molecule has 2 aliphatic rings. The standard InChI is InChI=1S/C23H30N4O2/c1-25-14-16-26(17-15-25)22-7-4-3-6-20(22)24-23(28)27-13-5-8-21(27)18-9-11-19(29-2)12-10-18/h3-4,6-7,9-12,21H,5,8,13-17H2,1-2H3,(H,24,28)/t21-/m0/s1. The molecule has 0 radical (unpaired) electrons. The summed E-state index contributed by atoms with van der Waals surface area (Å²) in [5.74, 6) is 0.837. The van der Waals surface area contributed by atoms with Crippen LogP contribution in [-0.2, 0) is 0 Å². The van der Waals surface area contributed by atoms with Gasteiger partial charge in [-0.05, 0) is 49.7 Å². The van der Waals surface area contributed by atoms with Gasteiger partial charge in [0.2, 0.25) is 0 Å². The minimum atomic E-state index is -0.0232. The van der Waals surface area contributed by atoms with Crippen LogP contribution in [0.1, 0.15) is 24.4 Å². The van der Waals surface area contributed by atoms with Crippen molar-refractivity contribution in [3.8, 4) is 5.75 Å². The number of anilines is 2. The second-order valence-electron chi connectivity index (χ2n) is 7.86. The fraction of sp³-hybridized carbons (Fsp3) is 0.435. The summed E-state index contributed by atoms with van der Waals surface area (Å²) in [6, 6.07) is 16.3. The third-order valence-electron chi connectivity index (χ3n) is 6.00. The molecule has 29 heavy (non-hydrogen) atoms. The third kappa shape index (κ3) is 4.32. The minimum Gasteiger partial charge on any atom is -0.497 e. The number of amides is 2. The van der Waals surface area contributed by atoms with E-state index in [2.05, 4.69) is 40.4 Å². The fourth-order valence-electron chi connectivity index (χ4n) is 4.27. The molecule has 0 bridgehead atoms. The van der Waals surface area contributed by atoms with Crippen LogP contribution in [0.2, 0.25) is 0 Å². The van der Waals surface area contributed by atoms with Gasteiger partial charge in [0, 0.05) is 32.7 Å². The zero-order valence-corrected chi connectivity index (χ0v) is 17.3. The second-order valence-corrected chi connectivity index (χ2v) is 7.86. The first-order chi connectivity index (χ1) is 14.2.